The second-order valence-corrected chi connectivity index (χ2v) is 13.1. The third-order valence-electron chi connectivity index (χ3n) is 9.87. The zero-order valence-electron chi connectivity index (χ0n) is 29.0. The first-order chi connectivity index (χ1) is 26.2. The van der Waals surface area contributed by atoms with Crippen LogP contribution in [0, 0.1) is 5.82 Å². The van der Waals surface area contributed by atoms with Crippen molar-refractivity contribution in [2.75, 3.05) is 4.90 Å². The van der Waals surface area contributed by atoms with Crippen molar-refractivity contribution in [3.63, 3.8) is 0 Å². The van der Waals surface area contributed by atoms with Crippen molar-refractivity contribution < 1.29 is 4.39 Å². The van der Waals surface area contributed by atoms with Gasteiger partial charge in [-0.25, -0.2) is 4.39 Å². The van der Waals surface area contributed by atoms with Gasteiger partial charge in [0.15, 0.2) is 0 Å². The van der Waals surface area contributed by atoms with Gasteiger partial charge in [0.1, 0.15) is 5.82 Å². The van der Waals surface area contributed by atoms with Crippen LogP contribution in [0.1, 0.15) is 22.3 Å². The van der Waals surface area contributed by atoms with Gasteiger partial charge in [-0.2, -0.15) is 0 Å². The number of fused-ring (bicyclic) bond motifs is 3. The molecule has 0 radical (unpaired) electrons. The average molecular weight is 683 g/mol. The minimum atomic E-state index is -0.255. The van der Waals surface area contributed by atoms with Crippen LogP contribution in [0.15, 0.2) is 212 Å². The molecule has 8 aromatic carbocycles. The van der Waals surface area contributed by atoms with Crippen LogP contribution in [0.25, 0.3) is 38.6 Å². The SMILES string of the molecule is Fc1ccc(-n2c3ccccc3c3ccc(N(c4ccccc4)c4ccccc4C(=C(c4ccccc4)c4ccccc4)c4ccccc4)cc32)cc1. The van der Waals surface area contributed by atoms with Gasteiger partial charge in [0.25, 0.3) is 0 Å². The molecule has 0 aliphatic rings. The largest absolute Gasteiger partial charge is 0.310 e. The summed E-state index contributed by atoms with van der Waals surface area (Å²) in [6.07, 6.45) is 0. The second-order valence-electron chi connectivity index (χ2n) is 13.1. The number of rotatable bonds is 8. The van der Waals surface area contributed by atoms with Crippen LogP contribution < -0.4 is 4.90 Å². The van der Waals surface area contributed by atoms with E-state index >= 15 is 0 Å². The van der Waals surface area contributed by atoms with Gasteiger partial charge >= 0.3 is 0 Å². The Morgan fingerprint density at radius 2 is 0.906 bits per heavy atom. The summed E-state index contributed by atoms with van der Waals surface area (Å²) in [6.45, 7) is 0. The van der Waals surface area contributed by atoms with Gasteiger partial charge in [-0.1, -0.05) is 152 Å². The van der Waals surface area contributed by atoms with E-state index in [0.29, 0.717) is 0 Å². The van der Waals surface area contributed by atoms with Gasteiger partial charge in [0, 0.05) is 33.4 Å². The summed E-state index contributed by atoms with van der Waals surface area (Å²) in [6, 6.07) is 73.3. The second kappa shape index (κ2) is 14.0. The molecular formula is C50H35FN2. The lowest BCUT2D eigenvalue weighted by atomic mass is 9.85. The average Bonchev–Trinajstić information content (AvgIpc) is 3.56. The highest BCUT2D eigenvalue weighted by molar-refractivity contribution is 6.11. The van der Waals surface area contributed by atoms with Gasteiger partial charge < -0.3 is 9.47 Å². The first-order valence-electron chi connectivity index (χ1n) is 17.9. The van der Waals surface area contributed by atoms with E-state index in [4.69, 9.17) is 0 Å². The topological polar surface area (TPSA) is 8.17 Å². The highest BCUT2D eigenvalue weighted by Gasteiger charge is 2.24. The number of nitrogens with zero attached hydrogens (tertiary/aromatic N) is 2. The summed E-state index contributed by atoms with van der Waals surface area (Å²) in [4.78, 5) is 2.36. The fourth-order valence-electron chi connectivity index (χ4n) is 7.56. The van der Waals surface area contributed by atoms with Crippen molar-refractivity contribution in [2.45, 2.75) is 0 Å². The molecule has 0 saturated carbocycles. The van der Waals surface area contributed by atoms with Crippen molar-refractivity contribution >= 4 is 50.0 Å². The fraction of sp³-hybridized carbons (Fsp3) is 0. The molecule has 53 heavy (non-hydrogen) atoms. The highest BCUT2D eigenvalue weighted by Crippen LogP contribution is 2.45. The molecule has 0 atom stereocenters. The molecule has 0 N–H and O–H groups in total. The maximum absolute atomic E-state index is 14.2. The minimum Gasteiger partial charge on any atom is -0.310 e. The Balaban J connectivity index is 1.35. The van der Waals surface area contributed by atoms with E-state index in [-0.39, 0.29) is 5.82 Å². The van der Waals surface area contributed by atoms with E-state index in [9.17, 15) is 4.39 Å². The number of halogens is 1. The fourth-order valence-corrected chi connectivity index (χ4v) is 7.56. The Labute approximate surface area is 309 Å². The van der Waals surface area contributed by atoms with Crippen molar-refractivity contribution in [2.24, 2.45) is 0 Å². The maximum Gasteiger partial charge on any atom is 0.123 e. The summed E-state index contributed by atoms with van der Waals surface area (Å²) in [5.41, 5.74) is 12.9. The van der Waals surface area contributed by atoms with E-state index < -0.39 is 0 Å². The van der Waals surface area contributed by atoms with Crippen LogP contribution in [0.5, 0.6) is 0 Å². The van der Waals surface area contributed by atoms with Crippen LogP contribution in [-0.2, 0) is 0 Å². The number of hydrogen-bond acceptors (Lipinski definition) is 1. The lowest BCUT2D eigenvalue weighted by Gasteiger charge is -2.29. The Morgan fingerprint density at radius 3 is 1.55 bits per heavy atom. The normalized spacial score (nSPS) is 11.1. The van der Waals surface area contributed by atoms with Crippen molar-refractivity contribution in [1.82, 2.24) is 4.57 Å². The summed E-state index contributed by atoms with van der Waals surface area (Å²) in [5.74, 6) is -0.255. The van der Waals surface area contributed by atoms with Gasteiger partial charge in [-0.05, 0) is 88.5 Å². The molecule has 1 heterocycles. The van der Waals surface area contributed by atoms with E-state index in [2.05, 4.69) is 198 Å². The smallest absolute Gasteiger partial charge is 0.123 e. The molecule has 0 aliphatic carbocycles. The Hall–Kier alpha value is -6.97. The summed E-state index contributed by atoms with van der Waals surface area (Å²) < 4.78 is 16.4. The molecular weight excluding hydrogens is 648 g/mol. The van der Waals surface area contributed by atoms with Gasteiger partial charge in [-0.3, -0.25) is 0 Å². The van der Waals surface area contributed by atoms with E-state index in [0.717, 1.165) is 78.0 Å². The van der Waals surface area contributed by atoms with E-state index in [1.165, 1.54) is 12.1 Å². The lowest BCUT2D eigenvalue weighted by Crippen LogP contribution is -2.13. The lowest BCUT2D eigenvalue weighted by molar-refractivity contribution is 0.627. The van der Waals surface area contributed by atoms with Crippen molar-refractivity contribution in [3.8, 4) is 5.69 Å². The molecule has 1 aromatic heterocycles. The molecule has 0 fully saturated rings. The number of para-hydroxylation sites is 3. The van der Waals surface area contributed by atoms with Crippen molar-refractivity contribution in [3.05, 3.63) is 240 Å². The molecule has 0 spiro atoms. The van der Waals surface area contributed by atoms with E-state index in [1.807, 2.05) is 12.1 Å². The van der Waals surface area contributed by atoms with Crippen LogP contribution in [0.2, 0.25) is 0 Å². The number of aromatic nitrogens is 1. The van der Waals surface area contributed by atoms with Crippen LogP contribution in [0.3, 0.4) is 0 Å². The van der Waals surface area contributed by atoms with Crippen LogP contribution in [-0.4, -0.2) is 4.57 Å². The predicted molar refractivity (Wildman–Crippen MR) is 220 cm³/mol. The molecule has 9 aromatic rings. The maximum atomic E-state index is 14.2. The molecule has 252 valence electrons. The molecule has 0 unspecified atom stereocenters. The number of hydrogen-bond donors (Lipinski definition) is 0. The molecule has 2 nitrogen and oxygen atoms in total. The van der Waals surface area contributed by atoms with Gasteiger partial charge in [-0.15, -0.1) is 0 Å². The Morgan fingerprint density at radius 1 is 0.396 bits per heavy atom. The predicted octanol–water partition coefficient (Wildman–Crippen LogP) is 13.4. The highest BCUT2D eigenvalue weighted by atomic mass is 19.1. The first kappa shape index (κ1) is 32.0. The van der Waals surface area contributed by atoms with E-state index in [1.54, 1.807) is 0 Å². The summed E-state index contributed by atoms with van der Waals surface area (Å²) in [5, 5.41) is 2.28. The zero-order valence-corrected chi connectivity index (χ0v) is 29.0. The molecule has 0 bridgehead atoms. The standard InChI is InChI=1S/C50H35FN2/c51-39-29-31-41(32-30-39)53-46-27-15-13-25-43(46)44-34-33-42(35-48(44)53)52(40-23-11-4-12-24-40)47-28-16-14-26-45(47)50(38-21-9-3-10-22-38)49(36-17-5-1-6-18-36)37-19-7-2-8-20-37/h1-35H. The van der Waals surface area contributed by atoms with Gasteiger partial charge in [0.05, 0.1) is 16.7 Å². The quantitative estimate of drug-likeness (QED) is 0.145. The minimum absolute atomic E-state index is 0.255. The molecule has 0 aliphatic heterocycles. The van der Waals surface area contributed by atoms with Crippen molar-refractivity contribution in [1.29, 1.82) is 0 Å². The van der Waals surface area contributed by atoms with Gasteiger partial charge in [0.2, 0.25) is 0 Å². The molecule has 9 rings (SSSR count). The third kappa shape index (κ3) is 5.98. The Kier molecular flexibility index (Phi) is 8.43. The van der Waals surface area contributed by atoms with Crippen LogP contribution >= 0.6 is 0 Å². The molecule has 0 saturated heterocycles. The molecule has 3 heteroatoms. The summed E-state index contributed by atoms with van der Waals surface area (Å²) >= 11 is 0. The Bertz CT molecular complexity index is 2660. The summed E-state index contributed by atoms with van der Waals surface area (Å²) in [7, 11) is 0. The molecule has 0 amide bonds. The number of anilines is 3. The third-order valence-corrected chi connectivity index (χ3v) is 9.87. The first-order valence-corrected chi connectivity index (χ1v) is 17.9. The monoisotopic (exact) mass is 682 g/mol. The zero-order chi connectivity index (χ0) is 35.6. The number of benzene rings is 8. The van der Waals surface area contributed by atoms with Crippen LogP contribution in [0.4, 0.5) is 21.5 Å².